The summed E-state index contributed by atoms with van der Waals surface area (Å²) in [6.07, 6.45) is 0. The molecule has 0 aliphatic rings. The summed E-state index contributed by atoms with van der Waals surface area (Å²) >= 11 is 1.92. The molecule has 0 heterocycles. The predicted molar refractivity (Wildman–Crippen MR) is 73.5 cm³/mol. The van der Waals surface area contributed by atoms with Gasteiger partial charge in [0.05, 0.1) is 5.69 Å². The van der Waals surface area contributed by atoms with Crippen LogP contribution in [0.25, 0.3) is 0 Å². The Labute approximate surface area is 116 Å². The fourth-order valence-corrected chi connectivity index (χ4v) is 2.03. The molecule has 0 bridgehead atoms. The first-order chi connectivity index (χ1) is 8.56. The van der Waals surface area contributed by atoms with Crippen LogP contribution in [0.2, 0.25) is 0 Å². The Kier molecular flexibility index (Phi) is 3.90. The van der Waals surface area contributed by atoms with Crippen molar-refractivity contribution in [3.8, 4) is 0 Å². The van der Waals surface area contributed by atoms with E-state index < -0.39 is 11.7 Å². The molecule has 0 aromatic heterocycles. The Balaban J connectivity index is 2.21. The van der Waals surface area contributed by atoms with E-state index in [4.69, 9.17) is 0 Å². The zero-order valence-corrected chi connectivity index (χ0v) is 11.2. The molecule has 0 unspecified atom stereocenters. The van der Waals surface area contributed by atoms with Crippen molar-refractivity contribution in [1.82, 2.24) is 0 Å². The zero-order valence-electron chi connectivity index (χ0n) is 9.08. The average molecular weight is 359 g/mol. The van der Waals surface area contributed by atoms with E-state index in [2.05, 4.69) is 5.32 Å². The molecule has 0 spiro atoms. The highest BCUT2D eigenvalue weighted by atomic mass is 127. The van der Waals surface area contributed by atoms with Crippen LogP contribution in [-0.4, -0.2) is 5.91 Å². The summed E-state index contributed by atoms with van der Waals surface area (Å²) in [5.74, 6) is -1.28. The van der Waals surface area contributed by atoms with Gasteiger partial charge in [0.25, 0.3) is 5.91 Å². The van der Waals surface area contributed by atoms with Crippen molar-refractivity contribution < 1.29 is 13.6 Å². The highest BCUT2D eigenvalue weighted by molar-refractivity contribution is 14.1. The molecule has 18 heavy (non-hydrogen) atoms. The minimum Gasteiger partial charge on any atom is -0.321 e. The summed E-state index contributed by atoms with van der Waals surface area (Å²) in [6, 6.07) is 9.40. The van der Waals surface area contributed by atoms with Crippen molar-refractivity contribution in [2.45, 2.75) is 0 Å². The monoisotopic (exact) mass is 359 g/mol. The highest BCUT2D eigenvalue weighted by Gasteiger charge is 2.09. The van der Waals surface area contributed by atoms with Crippen LogP contribution in [0.1, 0.15) is 10.4 Å². The maximum absolute atomic E-state index is 13.0. The molecular formula is C13H8F2INO. The summed E-state index contributed by atoms with van der Waals surface area (Å²) < 4.78 is 26.4. The number of amides is 1. The number of rotatable bonds is 2. The quantitative estimate of drug-likeness (QED) is 0.812. The van der Waals surface area contributed by atoms with E-state index in [1.165, 1.54) is 36.4 Å². The largest absolute Gasteiger partial charge is 0.321 e. The molecule has 92 valence electrons. The zero-order chi connectivity index (χ0) is 13.1. The Morgan fingerprint density at radius 2 is 1.78 bits per heavy atom. The second-order valence-electron chi connectivity index (χ2n) is 3.59. The molecule has 5 heteroatoms. The maximum atomic E-state index is 13.0. The van der Waals surface area contributed by atoms with Crippen molar-refractivity contribution in [3.63, 3.8) is 0 Å². The lowest BCUT2D eigenvalue weighted by molar-refractivity contribution is 0.102. The van der Waals surface area contributed by atoms with E-state index in [0.717, 1.165) is 6.07 Å². The second-order valence-corrected chi connectivity index (χ2v) is 4.75. The third kappa shape index (κ3) is 3.04. The summed E-state index contributed by atoms with van der Waals surface area (Å²) in [6.45, 7) is 0. The van der Waals surface area contributed by atoms with Crippen molar-refractivity contribution in [2.24, 2.45) is 0 Å². The minimum absolute atomic E-state index is 0.218. The first kappa shape index (κ1) is 12.9. The van der Waals surface area contributed by atoms with E-state index >= 15 is 0 Å². The highest BCUT2D eigenvalue weighted by Crippen LogP contribution is 2.19. The lowest BCUT2D eigenvalue weighted by atomic mass is 10.2. The van der Waals surface area contributed by atoms with E-state index in [1.54, 1.807) is 0 Å². The summed E-state index contributed by atoms with van der Waals surface area (Å²) in [5.41, 5.74) is 0.710. The molecular weight excluding hydrogens is 351 g/mol. The molecule has 2 aromatic carbocycles. The van der Waals surface area contributed by atoms with Crippen LogP contribution in [0.15, 0.2) is 42.5 Å². The van der Waals surface area contributed by atoms with Crippen molar-refractivity contribution in [1.29, 1.82) is 0 Å². The van der Waals surface area contributed by atoms with Crippen molar-refractivity contribution in [2.75, 3.05) is 5.32 Å². The van der Waals surface area contributed by atoms with Crippen LogP contribution >= 0.6 is 22.6 Å². The van der Waals surface area contributed by atoms with Gasteiger partial charge in [-0.1, -0.05) is 6.07 Å². The van der Waals surface area contributed by atoms with Gasteiger partial charge in [-0.25, -0.2) is 8.78 Å². The number of carbonyl (C=O) groups is 1. The van der Waals surface area contributed by atoms with E-state index in [-0.39, 0.29) is 11.4 Å². The van der Waals surface area contributed by atoms with Crippen LogP contribution in [0.3, 0.4) is 0 Å². The number of carbonyl (C=O) groups excluding carboxylic acids is 1. The fourth-order valence-electron chi connectivity index (χ4n) is 1.42. The number of anilines is 1. The second kappa shape index (κ2) is 5.43. The van der Waals surface area contributed by atoms with Gasteiger partial charge in [-0.05, 0) is 59.0 Å². The number of nitrogens with one attached hydrogen (secondary N) is 1. The van der Waals surface area contributed by atoms with Gasteiger partial charge in [0.2, 0.25) is 0 Å². The predicted octanol–water partition coefficient (Wildman–Crippen LogP) is 3.82. The number of benzene rings is 2. The van der Waals surface area contributed by atoms with Gasteiger partial charge in [0.15, 0.2) is 0 Å². The number of hydrogen-bond acceptors (Lipinski definition) is 1. The van der Waals surface area contributed by atoms with Gasteiger partial charge >= 0.3 is 0 Å². The molecule has 0 saturated heterocycles. The molecule has 0 radical (unpaired) electrons. The molecule has 0 aliphatic carbocycles. The summed E-state index contributed by atoms with van der Waals surface area (Å²) in [7, 11) is 0. The molecule has 1 amide bonds. The third-order valence-corrected chi connectivity index (χ3v) is 3.16. The van der Waals surface area contributed by atoms with Crippen LogP contribution in [0.5, 0.6) is 0 Å². The van der Waals surface area contributed by atoms with Gasteiger partial charge in [0.1, 0.15) is 11.6 Å². The Morgan fingerprint density at radius 1 is 1.06 bits per heavy atom. The van der Waals surface area contributed by atoms with E-state index in [0.29, 0.717) is 9.26 Å². The molecule has 1 N–H and O–H groups in total. The Morgan fingerprint density at radius 3 is 2.44 bits per heavy atom. The summed E-state index contributed by atoms with van der Waals surface area (Å²) in [4.78, 5) is 11.8. The fraction of sp³-hybridized carbons (Fsp3) is 0. The molecule has 2 aromatic rings. The first-order valence-corrected chi connectivity index (χ1v) is 6.16. The van der Waals surface area contributed by atoms with Gasteiger partial charge in [-0.3, -0.25) is 4.79 Å². The molecule has 2 nitrogen and oxygen atoms in total. The normalized spacial score (nSPS) is 10.2. The molecule has 0 aliphatic heterocycles. The third-order valence-electron chi connectivity index (χ3n) is 2.27. The number of hydrogen-bond donors (Lipinski definition) is 1. The molecule has 0 atom stereocenters. The van der Waals surface area contributed by atoms with Gasteiger partial charge in [0, 0.05) is 9.13 Å². The molecule has 2 rings (SSSR count). The van der Waals surface area contributed by atoms with Crippen LogP contribution in [0.4, 0.5) is 14.5 Å². The smallest absolute Gasteiger partial charge is 0.255 e. The average Bonchev–Trinajstić information content (AvgIpc) is 2.32. The lowest BCUT2D eigenvalue weighted by Crippen LogP contribution is -2.13. The SMILES string of the molecule is O=C(Nc1ccc(F)cc1I)c1cccc(F)c1. The van der Waals surface area contributed by atoms with Crippen LogP contribution < -0.4 is 5.32 Å². The summed E-state index contributed by atoms with van der Waals surface area (Å²) in [5, 5.41) is 2.60. The first-order valence-electron chi connectivity index (χ1n) is 5.08. The maximum Gasteiger partial charge on any atom is 0.255 e. The van der Waals surface area contributed by atoms with Crippen LogP contribution in [0, 0.1) is 15.2 Å². The van der Waals surface area contributed by atoms with Crippen molar-refractivity contribution >= 4 is 34.2 Å². The van der Waals surface area contributed by atoms with Crippen LogP contribution in [-0.2, 0) is 0 Å². The lowest BCUT2D eigenvalue weighted by Gasteiger charge is -2.07. The van der Waals surface area contributed by atoms with E-state index in [9.17, 15) is 13.6 Å². The number of halogens is 3. The standard InChI is InChI=1S/C13H8F2INO/c14-9-3-1-2-8(6-9)13(18)17-12-5-4-10(15)7-11(12)16/h1-7H,(H,17,18). The molecule has 0 fully saturated rings. The Bertz CT molecular complexity index is 601. The Hall–Kier alpha value is -1.50. The van der Waals surface area contributed by atoms with E-state index in [1.807, 2.05) is 22.6 Å². The molecule has 0 saturated carbocycles. The van der Waals surface area contributed by atoms with Gasteiger partial charge in [-0.15, -0.1) is 0 Å². The minimum atomic E-state index is -0.476. The van der Waals surface area contributed by atoms with Gasteiger partial charge in [-0.2, -0.15) is 0 Å². The van der Waals surface area contributed by atoms with Gasteiger partial charge < -0.3 is 5.32 Å². The topological polar surface area (TPSA) is 29.1 Å². The van der Waals surface area contributed by atoms with Crippen molar-refractivity contribution in [3.05, 3.63) is 63.2 Å².